The van der Waals surface area contributed by atoms with Gasteiger partial charge in [0.15, 0.2) is 0 Å². The molecule has 5 heteroatoms. The number of hydrogen-bond donors (Lipinski definition) is 2. The largest absolute Gasteiger partial charge is 0.393 e. The maximum Gasteiger partial charge on any atom is 0.253 e. The maximum atomic E-state index is 12.0. The summed E-state index contributed by atoms with van der Waals surface area (Å²) in [6, 6.07) is 3.28. The average molecular weight is 269 g/mol. The average Bonchev–Trinajstić information content (AvgIpc) is 2.72. The molecule has 1 aliphatic carbocycles. The lowest BCUT2D eigenvalue weighted by Gasteiger charge is -2.15. The first-order chi connectivity index (χ1) is 8.58. The first-order valence-electron chi connectivity index (χ1n) is 6.17. The standard InChI is InChI=1S/C13H17ClN2O2/c1-8-10(5-6-12(14)16-8)13(18)15-7-9-3-2-4-11(9)17/h5-6,9,11,17H,2-4,7H2,1H3,(H,15,18). The van der Waals surface area contributed by atoms with Gasteiger partial charge in [-0.2, -0.15) is 0 Å². The van der Waals surface area contributed by atoms with Crippen molar-refractivity contribution in [3.8, 4) is 0 Å². The quantitative estimate of drug-likeness (QED) is 0.824. The number of aryl methyl sites for hydroxylation is 1. The van der Waals surface area contributed by atoms with Gasteiger partial charge in [0.2, 0.25) is 0 Å². The smallest absolute Gasteiger partial charge is 0.253 e. The van der Waals surface area contributed by atoms with Crippen LogP contribution in [0.2, 0.25) is 5.15 Å². The van der Waals surface area contributed by atoms with E-state index in [-0.39, 0.29) is 17.9 Å². The van der Waals surface area contributed by atoms with E-state index in [1.807, 2.05) is 0 Å². The second-order valence-corrected chi connectivity index (χ2v) is 5.12. The number of carbonyl (C=O) groups excluding carboxylic acids is 1. The van der Waals surface area contributed by atoms with Crippen molar-refractivity contribution >= 4 is 17.5 Å². The van der Waals surface area contributed by atoms with Crippen molar-refractivity contribution in [2.75, 3.05) is 6.54 Å². The zero-order valence-electron chi connectivity index (χ0n) is 10.3. The molecule has 1 aromatic rings. The van der Waals surface area contributed by atoms with E-state index in [2.05, 4.69) is 10.3 Å². The molecule has 1 aromatic heterocycles. The van der Waals surface area contributed by atoms with Gasteiger partial charge in [-0.05, 0) is 31.9 Å². The molecule has 0 radical (unpaired) electrons. The van der Waals surface area contributed by atoms with E-state index in [1.165, 1.54) is 0 Å². The number of aliphatic hydroxyl groups is 1. The summed E-state index contributed by atoms with van der Waals surface area (Å²) in [6.07, 6.45) is 2.56. The second-order valence-electron chi connectivity index (χ2n) is 4.74. The Morgan fingerprint density at radius 2 is 2.33 bits per heavy atom. The number of pyridine rings is 1. The van der Waals surface area contributed by atoms with Crippen LogP contribution in [-0.4, -0.2) is 28.6 Å². The lowest BCUT2D eigenvalue weighted by Crippen LogP contribution is -2.32. The molecule has 1 amide bonds. The number of amides is 1. The van der Waals surface area contributed by atoms with Gasteiger partial charge < -0.3 is 10.4 Å². The van der Waals surface area contributed by atoms with E-state index in [4.69, 9.17) is 11.6 Å². The fourth-order valence-corrected chi connectivity index (χ4v) is 2.53. The van der Waals surface area contributed by atoms with Gasteiger partial charge >= 0.3 is 0 Å². The Balaban J connectivity index is 1.95. The third-order valence-corrected chi connectivity index (χ3v) is 3.65. The molecule has 0 spiro atoms. The molecular weight excluding hydrogens is 252 g/mol. The van der Waals surface area contributed by atoms with Gasteiger partial charge in [0, 0.05) is 12.5 Å². The molecule has 1 aliphatic rings. The summed E-state index contributed by atoms with van der Waals surface area (Å²) in [6.45, 7) is 2.27. The number of aromatic nitrogens is 1. The van der Waals surface area contributed by atoms with Crippen molar-refractivity contribution < 1.29 is 9.90 Å². The van der Waals surface area contributed by atoms with E-state index < -0.39 is 0 Å². The van der Waals surface area contributed by atoms with Crippen molar-refractivity contribution in [3.63, 3.8) is 0 Å². The van der Waals surface area contributed by atoms with Gasteiger partial charge in [-0.15, -0.1) is 0 Å². The molecule has 1 fully saturated rings. The third-order valence-electron chi connectivity index (χ3n) is 3.44. The number of nitrogens with one attached hydrogen (secondary N) is 1. The van der Waals surface area contributed by atoms with Crippen LogP contribution in [0.5, 0.6) is 0 Å². The monoisotopic (exact) mass is 268 g/mol. The van der Waals surface area contributed by atoms with Gasteiger partial charge in [-0.3, -0.25) is 4.79 Å². The zero-order chi connectivity index (χ0) is 13.1. The second kappa shape index (κ2) is 5.67. The van der Waals surface area contributed by atoms with E-state index in [0.29, 0.717) is 23.0 Å². The predicted octanol–water partition coefficient (Wildman–Crippen LogP) is 1.93. The van der Waals surface area contributed by atoms with Crippen molar-refractivity contribution in [2.45, 2.75) is 32.3 Å². The molecule has 2 rings (SSSR count). The first kappa shape index (κ1) is 13.3. The van der Waals surface area contributed by atoms with Crippen molar-refractivity contribution in [3.05, 3.63) is 28.5 Å². The van der Waals surface area contributed by atoms with Gasteiger partial charge in [-0.1, -0.05) is 18.0 Å². The maximum absolute atomic E-state index is 12.0. The van der Waals surface area contributed by atoms with E-state index >= 15 is 0 Å². The highest BCUT2D eigenvalue weighted by Crippen LogP contribution is 2.24. The highest BCUT2D eigenvalue weighted by atomic mass is 35.5. The lowest BCUT2D eigenvalue weighted by molar-refractivity contribution is 0.0916. The highest BCUT2D eigenvalue weighted by molar-refractivity contribution is 6.29. The van der Waals surface area contributed by atoms with Gasteiger partial charge in [0.05, 0.1) is 17.4 Å². The molecule has 1 saturated carbocycles. The Morgan fingerprint density at radius 1 is 1.56 bits per heavy atom. The molecular formula is C13H17ClN2O2. The van der Waals surface area contributed by atoms with Gasteiger partial charge in [-0.25, -0.2) is 4.98 Å². The van der Waals surface area contributed by atoms with Crippen LogP contribution >= 0.6 is 11.6 Å². The Labute approximate surface area is 111 Å². The van der Waals surface area contributed by atoms with Crippen molar-refractivity contribution in [1.29, 1.82) is 0 Å². The zero-order valence-corrected chi connectivity index (χ0v) is 11.1. The molecule has 0 saturated heterocycles. The molecule has 2 atom stereocenters. The summed E-state index contributed by atoms with van der Waals surface area (Å²) in [4.78, 5) is 16.0. The topological polar surface area (TPSA) is 62.2 Å². The lowest BCUT2D eigenvalue weighted by atomic mass is 10.1. The van der Waals surface area contributed by atoms with Crippen LogP contribution in [0.3, 0.4) is 0 Å². The van der Waals surface area contributed by atoms with Crippen LogP contribution in [0.4, 0.5) is 0 Å². The van der Waals surface area contributed by atoms with Crippen LogP contribution in [0.15, 0.2) is 12.1 Å². The molecule has 1 heterocycles. The summed E-state index contributed by atoms with van der Waals surface area (Å²) in [5.41, 5.74) is 1.15. The summed E-state index contributed by atoms with van der Waals surface area (Å²) in [7, 11) is 0. The van der Waals surface area contributed by atoms with Crippen LogP contribution in [-0.2, 0) is 0 Å². The molecule has 4 nitrogen and oxygen atoms in total. The minimum atomic E-state index is -0.283. The molecule has 0 bridgehead atoms. The molecule has 98 valence electrons. The Bertz CT molecular complexity index is 451. The van der Waals surface area contributed by atoms with E-state index in [1.54, 1.807) is 19.1 Å². The minimum absolute atomic E-state index is 0.157. The number of nitrogens with zero attached hydrogens (tertiary/aromatic N) is 1. The van der Waals surface area contributed by atoms with Crippen LogP contribution in [0, 0.1) is 12.8 Å². The number of carbonyl (C=O) groups is 1. The Kier molecular flexibility index (Phi) is 4.19. The van der Waals surface area contributed by atoms with Gasteiger partial charge in [0.25, 0.3) is 5.91 Å². The molecule has 0 aromatic carbocycles. The molecule has 0 aliphatic heterocycles. The normalized spacial score (nSPS) is 23.1. The minimum Gasteiger partial charge on any atom is -0.393 e. The first-order valence-corrected chi connectivity index (χ1v) is 6.55. The van der Waals surface area contributed by atoms with Crippen LogP contribution < -0.4 is 5.32 Å². The number of halogens is 1. The molecule has 18 heavy (non-hydrogen) atoms. The fourth-order valence-electron chi connectivity index (χ4n) is 2.34. The summed E-state index contributed by atoms with van der Waals surface area (Å²) in [5, 5.41) is 12.9. The third kappa shape index (κ3) is 3.00. The fraction of sp³-hybridized carbons (Fsp3) is 0.538. The van der Waals surface area contributed by atoms with Gasteiger partial charge in [0.1, 0.15) is 5.15 Å². The summed E-state index contributed by atoms with van der Waals surface area (Å²) in [5.74, 6) is 0.0188. The summed E-state index contributed by atoms with van der Waals surface area (Å²) < 4.78 is 0. The molecule has 2 N–H and O–H groups in total. The van der Waals surface area contributed by atoms with Crippen molar-refractivity contribution in [1.82, 2.24) is 10.3 Å². The highest BCUT2D eigenvalue weighted by Gasteiger charge is 2.25. The van der Waals surface area contributed by atoms with Crippen LogP contribution in [0.25, 0.3) is 0 Å². The number of hydrogen-bond acceptors (Lipinski definition) is 3. The van der Waals surface area contributed by atoms with Crippen LogP contribution in [0.1, 0.15) is 35.3 Å². The molecule has 2 unspecified atom stereocenters. The number of rotatable bonds is 3. The predicted molar refractivity (Wildman–Crippen MR) is 69.7 cm³/mol. The number of aliphatic hydroxyl groups excluding tert-OH is 1. The van der Waals surface area contributed by atoms with E-state index in [9.17, 15) is 9.90 Å². The van der Waals surface area contributed by atoms with Crippen molar-refractivity contribution in [2.24, 2.45) is 5.92 Å². The Hall–Kier alpha value is -1.13. The summed E-state index contributed by atoms with van der Waals surface area (Å²) >= 11 is 5.75. The SMILES string of the molecule is Cc1nc(Cl)ccc1C(=O)NCC1CCCC1O. The van der Waals surface area contributed by atoms with E-state index in [0.717, 1.165) is 19.3 Å². The Morgan fingerprint density at radius 3 is 2.94 bits per heavy atom.